The summed E-state index contributed by atoms with van der Waals surface area (Å²) >= 11 is 6.04. The Labute approximate surface area is 158 Å². The Kier molecular flexibility index (Phi) is 4.26. The first-order chi connectivity index (χ1) is 12.4. The number of hydrogen-bond donors (Lipinski definition) is 1. The highest BCUT2D eigenvalue weighted by Gasteiger charge is 2.36. The van der Waals surface area contributed by atoms with Crippen LogP contribution in [-0.4, -0.2) is 13.4 Å². The molecule has 0 amide bonds. The Balaban J connectivity index is 1.79. The molecule has 26 heavy (non-hydrogen) atoms. The molecule has 2 N–H and O–H groups in total. The van der Waals surface area contributed by atoms with Gasteiger partial charge in [0.05, 0.1) is 0 Å². The van der Waals surface area contributed by atoms with E-state index in [2.05, 4.69) is 17.1 Å². The van der Waals surface area contributed by atoms with E-state index in [1.165, 1.54) is 18.9 Å². The molecule has 0 aliphatic heterocycles. The molecule has 0 saturated heterocycles. The summed E-state index contributed by atoms with van der Waals surface area (Å²) in [6, 6.07) is 11.0. The molecular formula is C20H19ClN2O2S. The minimum absolute atomic E-state index is 0.0862. The maximum absolute atomic E-state index is 11.5. The normalized spacial score (nSPS) is 18.8. The van der Waals surface area contributed by atoms with Crippen molar-refractivity contribution in [3.63, 3.8) is 0 Å². The van der Waals surface area contributed by atoms with Crippen LogP contribution in [0.4, 0.5) is 0 Å². The number of aromatic nitrogens is 1. The largest absolute Gasteiger partial charge is 0.255 e. The Morgan fingerprint density at radius 3 is 2.04 bits per heavy atom. The quantitative estimate of drug-likeness (QED) is 0.848. The zero-order valence-corrected chi connectivity index (χ0v) is 15.7. The molecule has 1 fully saturated rings. The van der Waals surface area contributed by atoms with Crippen LogP contribution >= 0.6 is 11.6 Å². The first-order valence-corrected chi connectivity index (χ1v) is 10.5. The lowest BCUT2D eigenvalue weighted by Crippen LogP contribution is -2.13. The van der Waals surface area contributed by atoms with Crippen LogP contribution in [0.1, 0.15) is 36.8 Å². The molecule has 6 heteroatoms. The maximum atomic E-state index is 11.5. The summed E-state index contributed by atoms with van der Waals surface area (Å²) in [6.45, 7) is 0. The number of primary sulfonamides is 1. The Bertz CT molecular complexity index is 1000. The number of pyridine rings is 1. The Morgan fingerprint density at radius 2 is 1.50 bits per heavy atom. The van der Waals surface area contributed by atoms with E-state index in [1.807, 2.05) is 24.3 Å². The smallest absolute Gasteiger partial charge is 0.243 e. The zero-order chi connectivity index (χ0) is 18.4. The number of benzene rings is 1. The SMILES string of the molecule is NS(=O)(=O)c1ccc(C2=CC3(C=C2c2ccc(Cl)cc2)CCCC3)cn1. The summed E-state index contributed by atoms with van der Waals surface area (Å²) in [4.78, 5) is 4.05. The van der Waals surface area contributed by atoms with E-state index in [4.69, 9.17) is 16.7 Å². The van der Waals surface area contributed by atoms with Gasteiger partial charge in [-0.2, -0.15) is 0 Å². The van der Waals surface area contributed by atoms with Gasteiger partial charge in [-0.25, -0.2) is 18.5 Å². The molecule has 1 spiro atoms. The van der Waals surface area contributed by atoms with Crippen LogP contribution < -0.4 is 5.14 Å². The minimum atomic E-state index is -3.80. The van der Waals surface area contributed by atoms with Gasteiger partial charge in [0, 0.05) is 22.2 Å². The molecule has 1 aromatic carbocycles. The van der Waals surface area contributed by atoms with Crippen LogP contribution in [0.15, 0.2) is 59.8 Å². The standard InChI is InChI=1S/C20H19ClN2O2S/c21-16-6-3-14(4-7-16)17-11-20(9-1-2-10-20)12-18(17)15-5-8-19(23-13-15)26(22,24)25/h3-8,11-13H,1-2,9-10H2,(H2,22,24,25). The molecule has 0 radical (unpaired) electrons. The molecule has 0 unspecified atom stereocenters. The highest BCUT2D eigenvalue weighted by Crippen LogP contribution is 2.51. The van der Waals surface area contributed by atoms with Crippen molar-refractivity contribution < 1.29 is 8.42 Å². The molecular weight excluding hydrogens is 368 g/mol. The summed E-state index contributed by atoms with van der Waals surface area (Å²) < 4.78 is 22.9. The van der Waals surface area contributed by atoms with Gasteiger partial charge in [0.2, 0.25) is 0 Å². The van der Waals surface area contributed by atoms with E-state index in [0.717, 1.165) is 35.1 Å². The molecule has 2 aromatic rings. The fourth-order valence-corrected chi connectivity index (χ4v) is 4.49. The van der Waals surface area contributed by atoms with Gasteiger partial charge in [-0.3, -0.25) is 0 Å². The third-order valence-corrected chi connectivity index (χ3v) is 6.26. The van der Waals surface area contributed by atoms with Crippen LogP contribution in [0, 0.1) is 5.41 Å². The number of hydrogen-bond acceptors (Lipinski definition) is 3. The van der Waals surface area contributed by atoms with E-state index in [-0.39, 0.29) is 10.4 Å². The fourth-order valence-electron chi connectivity index (χ4n) is 3.91. The molecule has 4 rings (SSSR count). The Morgan fingerprint density at radius 1 is 0.923 bits per heavy atom. The van der Waals surface area contributed by atoms with Crippen molar-refractivity contribution in [1.29, 1.82) is 0 Å². The first-order valence-electron chi connectivity index (χ1n) is 8.58. The molecule has 2 aliphatic carbocycles. The number of nitrogens with zero attached hydrogens (tertiary/aromatic N) is 1. The number of halogens is 1. The highest BCUT2D eigenvalue weighted by atomic mass is 35.5. The number of rotatable bonds is 3. The molecule has 0 atom stereocenters. The van der Waals surface area contributed by atoms with E-state index >= 15 is 0 Å². The van der Waals surface area contributed by atoms with E-state index in [1.54, 1.807) is 12.3 Å². The van der Waals surface area contributed by atoms with Crippen LogP contribution in [0.2, 0.25) is 5.02 Å². The molecule has 134 valence electrons. The van der Waals surface area contributed by atoms with Crippen molar-refractivity contribution in [3.05, 3.63) is 70.9 Å². The summed E-state index contributed by atoms with van der Waals surface area (Å²) in [6.07, 6.45) is 11.0. The van der Waals surface area contributed by atoms with E-state index in [0.29, 0.717) is 5.02 Å². The lowest BCUT2D eigenvalue weighted by molar-refractivity contribution is 0.523. The van der Waals surface area contributed by atoms with Crippen molar-refractivity contribution >= 4 is 32.8 Å². The molecule has 2 aliphatic rings. The van der Waals surface area contributed by atoms with Crippen LogP contribution in [-0.2, 0) is 10.0 Å². The molecule has 4 nitrogen and oxygen atoms in total. The summed E-state index contributed by atoms with van der Waals surface area (Å²) in [5.74, 6) is 0. The monoisotopic (exact) mass is 386 g/mol. The third-order valence-electron chi connectivity index (χ3n) is 5.18. The highest BCUT2D eigenvalue weighted by molar-refractivity contribution is 7.89. The number of sulfonamides is 1. The minimum Gasteiger partial charge on any atom is -0.243 e. The van der Waals surface area contributed by atoms with Gasteiger partial charge in [0.25, 0.3) is 10.0 Å². The van der Waals surface area contributed by atoms with Gasteiger partial charge in [-0.05, 0) is 53.8 Å². The van der Waals surface area contributed by atoms with Crippen LogP contribution in [0.3, 0.4) is 0 Å². The lowest BCUT2D eigenvalue weighted by Gasteiger charge is -2.16. The zero-order valence-electron chi connectivity index (χ0n) is 14.2. The van der Waals surface area contributed by atoms with Gasteiger partial charge in [0.1, 0.15) is 0 Å². The molecule has 1 heterocycles. The third kappa shape index (κ3) is 3.22. The first kappa shape index (κ1) is 17.5. The Hall–Kier alpha value is -1.95. The maximum Gasteiger partial charge on any atom is 0.255 e. The molecule has 0 bridgehead atoms. The molecule has 1 saturated carbocycles. The summed E-state index contributed by atoms with van der Waals surface area (Å²) in [7, 11) is -3.80. The van der Waals surface area contributed by atoms with Crippen molar-refractivity contribution in [2.24, 2.45) is 10.6 Å². The number of nitrogens with two attached hydrogens (primary N) is 1. The van der Waals surface area contributed by atoms with Crippen LogP contribution in [0.5, 0.6) is 0 Å². The van der Waals surface area contributed by atoms with E-state index < -0.39 is 10.0 Å². The van der Waals surface area contributed by atoms with Crippen molar-refractivity contribution in [1.82, 2.24) is 4.98 Å². The molecule has 1 aromatic heterocycles. The average Bonchev–Trinajstić information content (AvgIpc) is 3.22. The fraction of sp³-hybridized carbons (Fsp3) is 0.250. The predicted octanol–water partition coefficient (Wildman–Crippen LogP) is 4.42. The van der Waals surface area contributed by atoms with Gasteiger partial charge in [-0.15, -0.1) is 0 Å². The van der Waals surface area contributed by atoms with Gasteiger partial charge >= 0.3 is 0 Å². The van der Waals surface area contributed by atoms with Gasteiger partial charge < -0.3 is 0 Å². The summed E-state index contributed by atoms with van der Waals surface area (Å²) in [5, 5.41) is 5.74. The second-order valence-electron chi connectivity index (χ2n) is 6.99. The van der Waals surface area contributed by atoms with Crippen molar-refractivity contribution in [3.8, 4) is 0 Å². The van der Waals surface area contributed by atoms with Gasteiger partial charge in [-0.1, -0.05) is 48.7 Å². The lowest BCUT2D eigenvalue weighted by atomic mass is 9.88. The topological polar surface area (TPSA) is 73.1 Å². The predicted molar refractivity (Wildman–Crippen MR) is 104 cm³/mol. The van der Waals surface area contributed by atoms with Crippen LogP contribution in [0.25, 0.3) is 11.1 Å². The van der Waals surface area contributed by atoms with E-state index in [9.17, 15) is 8.42 Å². The second-order valence-corrected chi connectivity index (χ2v) is 8.94. The second kappa shape index (κ2) is 6.34. The average molecular weight is 387 g/mol. The number of allylic oxidation sites excluding steroid dienone is 4. The van der Waals surface area contributed by atoms with Crippen molar-refractivity contribution in [2.45, 2.75) is 30.7 Å². The van der Waals surface area contributed by atoms with Crippen molar-refractivity contribution in [2.75, 3.05) is 0 Å². The summed E-state index contributed by atoms with van der Waals surface area (Å²) in [5.41, 5.74) is 4.31. The van der Waals surface area contributed by atoms with Gasteiger partial charge in [0.15, 0.2) is 5.03 Å².